The molecular weight excluding hydrogens is 250 g/mol. The van der Waals surface area contributed by atoms with Crippen LogP contribution in [0.3, 0.4) is 0 Å². The van der Waals surface area contributed by atoms with E-state index in [1.165, 1.54) is 0 Å². The van der Waals surface area contributed by atoms with Crippen LogP contribution in [0.5, 0.6) is 0 Å². The predicted molar refractivity (Wildman–Crippen MR) is 71.9 cm³/mol. The molecule has 0 aliphatic rings. The van der Waals surface area contributed by atoms with Crippen molar-refractivity contribution in [2.45, 2.75) is 39.2 Å². The van der Waals surface area contributed by atoms with Crippen LogP contribution < -0.4 is 0 Å². The fourth-order valence-corrected chi connectivity index (χ4v) is 2.47. The number of halogens is 1. The number of aromatic nitrogens is 3. The van der Waals surface area contributed by atoms with Gasteiger partial charge in [-0.2, -0.15) is 4.98 Å². The molecule has 4 nitrogen and oxygen atoms in total. The SMILES string of the molecule is CCC(CC)n1c(CC=O)cc2cnc(Cl)nc21. The lowest BCUT2D eigenvalue weighted by Crippen LogP contribution is -2.11. The molecule has 0 spiro atoms. The maximum atomic E-state index is 10.8. The number of fused-ring (bicyclic) bond motifs is 1. The highest BCUT2D eigenvalue weighted by Gasteiger charge is 2.16. The summed E-state index contributed by atoms with van der Waals surface area (Å²) in [6.07, 6.45) is 5.01. The molecule has 0 radical (unpaired) electrons. The number of nitrogens with zero attached hydrogens (tertiary/aromatic N) is 3. The summed E-state index contributed by atoms with van der Waals surface area (Å²) in [7, 11) is 0. The van der Waals surface area contributed by atoms with Crippen molar-refractivity contribution in [3.8, 4) is 0 Å². The van der Waals surface area contributed by atoms with Crippen LogP contribution in [-0.4, -0.2) is 20.8 Å². The van der Waals surface area contributed by atoms with E-state index in [9.17, 15) is 4.79 Å². The molecule has 0 aromatic carbocycles. The first kappa shape index (κ1) is 13.0. The van der Waals surface area contributed by atoms with Gasteiger partial charge in [0.05, 0.1) is 0 Å². The fraction of sp³-hybridized carbons (Fsp3) is 0.462. The maximum Gasteiger partial charge on any atom is 0.224 e. The molecule has 2 aromatic heterocycles. The lowest BCUT2D eigenvalue weighted by atomic mass is 10.1. The minimum Gasteiger partial charge on any atom is -0.326 e. The van der Waals surface area contributed by atoms with Gasteiger partial charge in [0.2, 0.25) is 5.28 Å². The molecule has 0 unspecified atom stereocenters. The van der Waals surface area contributed by atoms with Gasteiger partial charge < -0.3 is 9.36 Å². The molecule has 0 atom stereocenters. The number of carbonyl (C=O) groups is 1. The van der Waals surface area contributed by atoms with Crippen molar-refractivity contribution >= 4 is 28.9 Å². The van der Waals surface area contributed by atoms with Crippen LogP contribution in [0.15, 0.2) is 12.3 Å². The third kappa shape index (κ3) is 2.25. The second-order valence-corrected chi connectivity index (χ2v) is 4.60. The maximum absolute atomic E-state index is 10.8. The van der Waals surface area contributed by atoms with E-state index in [-0.39, 0.29) is 5.28 Å². The Kier molecular flexibility index (Phi) is 3.97. The highest BCUT2D eigenvalue weighted by atomic mass is 35.5. The molecule has 0 fully saturated rings. The van der Waals surface area contributed by atoms with Gasteiger partial charge >= 0.3 is 0 Å². The first-order valence-corrected chi connectivity index (χ1v) is 6.55. The summed E-state index contributed by atoms with van der Waals surface area (Å²) >= 11 is 5.86. The van der Waals surface area contributed by atoms with E-state index in [2.05, 4.69) is 28.4 Å². The second kappa shape index (κ2) is 5.48. The minimum absolute atomic E-state index is 0.241. The third-order valence-electron chi connectivity index (χ3n) is 3.23. The summed E-state index contributed by atoms with van der Waals surface area (Å²) in [6, 6.07) is 2.31. The van der Waals surface area contributed by atoms with Crippen molar-refractivity contribution in [1.82, 2.24) is 14.5 Å². The van der Waals surface area contributed by atoms with Gasteiger partial charge in [-0.3, -0.25) is 0 Å². The highest BCUT2D eigenvalue weighted by Crippen LogP contribution is 2.27. The van der Waals surface area contributed by atoms with Crippen LogP contribution in [0.2, 0.25) is 5.28 Å². The summed E-state index contributed by atoms with van der Waals surface area (Å²) in [5.74, 6) is 0. The summed E-state index contributed by atoms with van der Waals surface area (Å²) < 4.78 is 2.12. The van der Waals surface area contributed by atoms with Gasteiger partial charge in [-0.25, -0.2) is 4.98 Å². The zero-order chi connectivity index (χ0) is 13.1. The summed E-state index contributed by atoms with van der Waals surface area (Å²) in [5, 5.41) is 1.17. The molecule has 0 N–H and O–H groups in total. The van der Waals surface area contributed by atoms with Gasteiger partial charge in [0.25, 0.3) is 0 Å². The van der Waals surface area contributed by atoms with Crippen LogP contribution in [0.4, 0.5) is 0 Å². The third-order valence-corrected chi connectivity index (χ3v) is 3.41. The van der Waals surface area contributed by atoms with E-state index in [0.717, 1.165) is 35.9 Å². The number of aldehydes is 1. The van der Waals surface area contributed by atoms with Crippen LogP contribution in [0.1, 0.15) is 38.4 Å². The molecule has 18 heavy (non-hydrogen) atoms. The Bertz CT molecular complexity index is 561. The van der Waals surface area contributed by atoms with Gasteiger partial charge in [0, 0.05) is 29.7 Å². The minimum atomic E-state index is 0.241. The summed E-state index contributed by atoms with van der Waals surface area (Å²) in [5.41, 5.74) is 1.80. The normalized spacial score (nSPS) is 11.3. The first-order valence-electron chi connectivity index (χ1n) is 6.17. The van der Waals surface area contributed by atoms with Gasteiger partial charge in [-0.15, -0.1) is 0 Å². The topological polar surface area (TPSA) is 47.8 Å². The zero-order valence-corrected chi connectivity index (χ0v) is 11.3. The average Bonchev–Trinajstić information content (AvgIpc) is 2.70. The standard InChI is InChI=1S/C13H16ClN3O/c1-3-10(4-2)17-11(5-6-18)7-9-8-15-13(14)16-12(9)17/h6-8,10H,3-5H2,1-2H3. The monoisotopic (exact) mass is 265 g/mol. The van der Waals surface area contributed by atoms with E-state index in [1.54, 1.807) is 6.20 Å². The molecule has 0 bridgehead atoms. The van der Waals surface area contributed by atoms with Crippen molar-refractivity contribution in [2.75, 3.05) is 0 Å². The number of hydrogen-bond donors (Lipinski definition) is 0. The molecule has 5 heteroatoms. The lowest BCUT2D eigenvalue weighted by molar-refractivity contribution is -0.107. The highest BCUT2D eigenvalue weighted by molar-refractivity contribution is 6.28. The van der Waals surface area contributed by atoms with E-state index in [4.69, 9.17) is 11.6 Å². The average molecular weight is 266 g/mol. The van der Waals surface area contributed by atoms with E-state index < -0.39 is 0 Å². The van der Waals surface area contributed by atoms with Crippen LogP contribution in [-0.2, 0) is 11.2 Å². The molecule has 0 saturated heterocycles. The molecule has 0 saturated carbocycles. The van der Waals surface area contributed by atoms with Gasteiger partial charge in [0.15, 0.2) is 0 Å². The largest absolute Gasteiger partial charge is 0.326 e. The van der Waals surface area contributed by atoms with Crippen molar-refractivity contribution in [2.24, 2.45) is 0 Å². The summed E-state index contributed by atoms with van der Waals surface area (Å²) in [6.45, 7) is 4.26. The molecule has 0 aliphatic carbocycles. The second-order valence-electron chi connectivity index (χ2n) is 4.26. The van der Waals surface area contributed by atoms with Crippen molar-refractivity contribution in [1.29, 1.82) is 0 Å². The molecule has 0 aliphatic heterocycles. The molecule has 0 amide bonds. The quantitative estimate of drug-likeness (QED) is 0.616. The Labute approximate surface area is 111 Å². The van der Waals surface area contributed by atoms with Crippen molar-refractivity contribution in [3.63, 3.8) is 0 Å². The molecule has 2 heterocycles. The Morgan fingerprint density at radius 3 is 2.78 bits per heavy atom. The predicted octanol–water partition coefficient (Wildman–Crippen LogP) is 3.19. The molecule has 2 aromatic rings. The van der Waals surface area contributed by atoms with Crippen LogP contribution >= 0.6 is 11.6 Å². The van der Waals surface area contributed by atoms with Crippen molar-refractivity contribution in [3.05, 3.63) is 23.2 Å². The van der Waals surface area contributed by atoms with E-state index in [0.29, 0.717) is 12.5 Å². The first-order chi connectivity index (χ1) is 8.71. The Morgan fingerprint density at radius 2 is 2.17 bits per heavy atom. The number of carbonyl (C=O) groups excluding carboxylic acids is 1. The fourth-order valence-electron chi connectivity index (χ4n) is 2.35. The Morgan fingerprint density at radius 1 is 1.44 bits per heavy atom. The van der Waals surface area contributed by atoms with Gasteiger partial charge in [0.1, 0.15) is 11.9 Å². The smallest absolute Gasteiger partial charge is 0.224 e. The zero-order valence-electron chi connectivity index (χ0n) is 10.6. The molecular formula is C13H16ClN3O. The molecule has 96 valence electrons. The van der Waals surface area contributed by atoms with Crippen molar-refractivity contribution < 1.29 is 4.79 Å². The van der Waals surface area contributed by atoms with E-state index in [1.807, 2.05) is 6.07 Å². The molecule has 2 rings (SSSR count). The summed E-state index contributed by atoms with van der Waals surface area (Å²) in [4.78, 5) is 19.1. The van der Waals surface area contributed by atoms with Gasteiger partial charge in [-0.1, -0.05) is 13.8 Å². The Hall–Kier alpha value is -1.42. The van der Waals surface area contributed by atoms with E-state index >= 15 is 0 Å². The number of rotatable bonds is 5. The Balaban J connectivity index is 2.66. The lowest BCUT2D eigenvalue weighted by Gasteiger charge is -2.18. The number of hydrogen-bond acceptors (Lipinski definition) is 3. The van der Waals surface area contributed by atoms with Gasteiger partial charge in [-0.05, 0) is 30.5 Å². The van der Waals surface area contributed by atoms with Crippen LogP contribution in [0, 0.1) is 0 Å². The van der Waals surface area contributed by atoms with Crippen LogP contribution in [0.25, 0.3) is 11.0 Å².